The third kappa shape index (κ3) is 7.32. The van der Waals surface area contributed by atoms with Gasteiger partial charge in [-0.1, -0.05) is 36.5 Å². The standard InChI is InChI=1S/C32H30O16/c1-29(2)41-21(33)17(22(34)42-29)13-9-7-11-15-19-25(37)45-31(5,46-26(19)38)32(6)47-27(39)20(28(40)48-32)16-12-8-10-14-18-23(35)43-30(3,4)44-24(18)36/h7-16,37,39H,1-6H3/p-2/b9-7+,10-8+,15-11+,16-12+. The quantitative estimate of drug-likeness (QED) is 0.118. The number of esters is 6. The molecule has 2 fully saturated rings. The summed E-state index contributed by atoms with van der Waals surface area (Å²) in [5, 5.41) is 25.5. The van der Waals surface area contributed by atoms with Gasteiger partial charge >= 0.3 is 35.8 Å². The molecule has 0 radical (unpaired) electrons. The second-order valence-electron chi connectivity index (χ2n) is 11.3. The minimum absolute atomic E-state index is 0.381. The molecule has 0 aromatic rings. The van der Waals surface area contributed by atoms with Crippen molar-refractivity contribution in [3.63, 3.8) is 0 Å². The van der Waals surface area contributed by atoms with Gasteiger partial charge in [-0.25, -0.2) is 28.8 Å². The van der Waals surface area contributed by atoms with Gasteiger partial charge in [-0.2, -0.15) is 0 Å². The smallest absolute Gasteiger partial charge is 0.348 e. The lowest BCUT2D eigenvalue weighted by molar-refractivity contribution is -0.464. The normalized spacial score (nSPS) is 27.4. The van der Waals surface area contributed by atoms with Gasteiger partial charge in [0.2, 0.25) is 11.6 Å². The molecule has 0 amide bonds. The van der Waals surface area contributed by atoms with E-state index in [0.717, 1.165) is 38.2 Å². The Balaban J connectivity index is 1.42. The lowest BCUT2D eigenvalue weighted by Gasteiger charge is -2.55. The number of rotatable bonds is 7. The molecule has 16 heteroatoms. The van der Waals surface area contributed by atoms with Crippen molar-refractivity contribution in [3.05, 3.63) is 94.9 Å². The number of hydrogen-bond acceptors (Lipinski definition) is 16. The van der Waals surface area contributed by atoms with Crippen molar-refractivity contribution in [1.29, 1.82) is 0 Å². The van der Waals surface area contributed by atoms with E-state index in [4.69, 9.17) is 37.9 Å². The second-order valence-corrected chi connectivity index (χ2v) is 11.3. The molecule has 0 aliphatic carbocycles. The van der Waals surface area contributed by atoms with Crippen LogP contribution in [0.15, 0.2) is 94.9 Å². The number of cyclic esters (lactones) is 6. The van der Waals surface area contributed by atoms with E-state index in [1.54, 1.807) is 0 Å². The molecule has 0 N–H and O–H groups in total. The van der Waals surface area contributed by atoms with Crippen LogP contribution in [0.2, 0.25) is 0 Å². The summed E-state index contributed by atoms with van der Waals surface area (Å²) >= 11 is 0. The zero-order valence-corrected chi connectivity index (χ0v) is 26.3. The van der Waals surface area contributed by atoms with Crippen LogP contribution >= 0.6 is 0 Å². The summed E-state index contributed by atoms with van der Waals surface area (Å²) in [4.78, 5) is 73.4. The average molecular weight is 669 g/mol. The predicted molar refractivity (Wildman–Crippen MR) is 150 cm³/mol. The molecular weight excluding hydrogens is 640 g/mol. The van der Waals surface area contributed by atoms with Gasteiger partial charge < -0.3 is 48.1 Å². The maximum absolute atomic E-state index is 12.7. The van der Waals surface area contributed by atoms with Crippen LogP contribution in [0.1, 0.15) is 41.5 Å². The molecular formula is C32H28O16-2. The Labute approximate surface area is 272 Å². The highest BCUT2D eigenvalue weighted by atomic mass is 16.8. The fourth-order valence-corrected chi connectivity index (χ4v) is 4.11. The Morgan fingerprint density at radius 1 is 0.417 bits per heavy atom. The van der Waals surface area contributed by atoms with Gasteiger partial charge in [-0.3, -0.25) is 0 Å². The van der Waals surface area contributed by atoms with Gasteiger partial charge in [0.1, 0.15) is 11.1 Å². The summed E-state index contributed by atoms with van der Waals surface area (Å²) in [5.74, 6) is -16.1. The Hall–Kier alpha value is -6.06. The third-order valence-electron chi connectivity index (χ3n) is 6.58. The first-order valence-electron chi connectivity index (χ1n) is 14.0. The Bertz CT molecular complexity index is 1560. The molecule has 4 aliphatic rings. The first-order valence-corrected chi connectivity index (χ1v) is 14.0. The minimum Gasteiger partial charge on any atom is -0.571 e. The lowest BCUT2D eigenvalue weighted by atomic mass is 10.1. The maximum atomic E-state index is 12.7. The van der Waals surface area contributed by atoms with Crippen molar-refractivity contribution >= 4 is 35.8 Å². The van der Waals surface area contributed by atoms with E-state index in [2.05, 4.69) is 0 Å². The van der Waals surface area contributed by atoms with E-state index >= 15 is 0 Å². The summed E-state index contributed by atoms with van der Waals surface area (Å²) in [5.41, 5.74) is -1.94. The topological polar surface area (TPSA) is 222 Å². The molecule has 48 heavy (non-hydrogen) atoms. The van der Waals surface area contributed by atoms with Crippen LogP contribution in [0.3, 0.4) is 0 Å². The summed E-state index contributed by atoms with van der Waals surface area (Å²) in [6, 6.07) is 0. The van der Waals surface area contributed by atoms with Gasteiger partial charge in [-0.15, -0.1) is 0 Å². The molecule has 0 spiro atoms. The molecule has 4 aliphatic heterocycles. The van der Waals surface area contributed by atoms with Crippen LogP contribution in [0, 0.1) is 0 Å². The predicted octanol–water partition coefficient (Wildman–Crippen LogP) is 0.459. The summed E-state index contributed by atoms with van der Waals surface area (Å²) < 4.78 is 40.8. The molecule has 2 atom stereocenters. The Kier molecular flexibility index (Phi) is 9.15. The van der Waals surface area contributed by atoms with Gasteiger partial charge in [-0.05, 0) is 38.2 Å². The van der Waals surface area contributed by atoms with Crippen molar-refractivity contribution in [2.24, 2.45) is 0 Å². The van der Waals surface area contributed by atoms with E-state index in [-0.39, 0.29) is 11.1 Å². The second kappa shape index (κ2) is 12.6. The minimum atomic E-state index is -2.40. The first-order chi connectivity index (χ1) is 22.3. The zero-order valence-electron chi connectivity index (χ0n) is 26.3. The zero-order chi connectivity index (χ0) is 35.7. The monoisotopic (exact) mass is 668 g/mol. The summed E-state index contributed by atoms with van der Waals surface area (Å²) in [7, 11) is 0. The summed E-state index contributed by atoms with van der Waals surface area (Å²) in [6.07, 6.45) is 11.7. The van der Waals surface area contributed by atoms with Crippen LogP contribution in [-0.2, 0) is 66.7 Å². The average Bonchev–Trinajstić information content (AvgIpc) is 2.92. The van der Waals surface area contributed by atoms with Crippen molar-refractivity contribution in [2.75, 3.05) is 0 Å². The number of ether oxygens (including phenoxy) is 8. The van der Waals surface area contributed by atoms with Crippen LogP contribution < -0.4 is 10.2 Å². The number of carbonyl (C=O) groups excluding carboxylic acids is 6. The number of allylic oxidation sites excluding steroid dienone is 8. The van der Waals surface area contributed by atoms with Gasteiger partial charge in [0.25, 0.3) is 11.6 Å². The summed E-state index contributed by atoms with van der Waals surface area (Å²) in [6.45, 7) is 7.65. The number of carbonyl (C=O) groups is 6. The van der Waals surface area contributed by atoms with Crippen LogP contribution in [0.25, 0.3) is 0 Å². The molecule has 0 saturated carbocycles. The Morgan fingerprint density at radius 2 is 0.729 bits per heavy atom. The molecule has 4 heterocycles. The van der Waals surface area contributed by atoms with Gasteiger partial charge in [0.15, 0.2) is 0 Å². The molecule has 0 aromatic carbocycles. The molecule has 2 unspecified atom stereocenters. The van der Waals surface area contributed by atoms with E-state index in [1.165, 1.54) is 64.2 Å². The van der Waals surface area contributed by atoms with Crippen molar-refractivity contribution in [2.45, 2.75) is 64.7 Å². The van der Waals surface area contributed by atoms with E-state index < -0.39 is 82.0 Å². The van der Waals surface area contributed by atoms with Gasteiger partial charge in [0, 0.05) is 27.7 Å². The number of hydrogen-bond donors (Lipinski definition) is 0. The highest BCUT2D eigenvalue weighted by Crippen LogP contribution is 2.41. The fraction of sp³-hybridized carbons (Fsp3) is 0.312. The SMILES string of the molecule is CC1(C)OC(=O)C(=C/C=C/C=C/C2=C([O-])OC(C)(C3(C)OC(=O)C(/C=C/C=C/C=C4C(=O)OC(C)(C)OC4=O)=C([O-])O3)OC2=O)C(=O)O1. The molecule has 2 saturated heterocycles. The first kappa shape index (κ1) is 34.8. The lowest BCUT2D eigenvalue weighted by Crippen LogP contribution is -2.62. The molecule has 16 nitrogen and oxygen atoms in total. The highest BCUT2D eigenvalue weighted by molar-refractivity contribution is 6.16. The van der Waals surface area contributed by atoms with Crippen molar-refractivity contribution in [3.8, 4) is 0 Å². The van der Waals surface area contributed by atoms with Gasteiger partial charge in [0.05, 0.1) is 23.0 Å². The molecule has 4 rings (SSSR count). The third-order valence-corrected chi connectivity index (χ3v) is 6.58. The molecule has 254 valence electrons. The highest BCUT2D eigenvalue weighted by Gasteiger charge is 2.52. The van der Waals surface area contributed by atoms with Crippen molar-refractivity contribution < 1.29 is 76.9 Å². The maximum Gasteiger partial charge on any atom is 0.348 e. The molecule has 0 bridgehead atoms. The van der Waals surface area contributed by atoms with E-state index in [9.17, 15) is 39.0 Å². The Morgan fingerprint density at radius 3 is 1.02 bits per heavy atom. The van der Waals surface area contributed by atoms with Crippen LogP contribution in [-0.4, -0.2) is 59.0 Å². The van der Waals surface area contributed by atoms with E-state index in [1.807, 2.05) is 0 Å². The van der Waals surface area contributed by atoms with Crippen LogP contribution in [0.4, 0.5) is 0 Å². The molecule has 0 aromatic heterocycles. The largest absolute Gasteiger partial charge is 0.571 e. The van der Waals surface area contributed by atoms with Crippen LogP contribution in [0.5, 0.6) is 0 Å². The van der Waals surface area contributed by atoms with Crippen molar-refractivity contribution in [1.82, 2.24) is 0 Å². The fourth-order valence-electron chi connectivity index (χ4n) is 4.11. The van der Waals surface area contributed by atoms with E-state index in [0.29, 0.717) is 0 Å².